The fourth-order valence-electron chi connectivity index (χ4n) is 2.32. The van der Waals surface area contributed by atoms with Crippen molar-refractivity contribution >= 4 is 5.82 Å². The normalized spacial score (nSPS) is 15.2. The van der Waals surface area contributed by atoms with E-state index in [9.17, 15) is 4.39 Å². The van der Waals surface area contributed by atoms with Gasteiger partial charge < -0.3 is 14.7 Å². The Morgan fingerprint density at radius 1 is 1.19 bits per heavy atom. The summed E-state index contributed by atoms with van der Waals surface area (Å²) in [6.45, 7) is 2.58. The predicted molar refractivity (Wildman–Crippen MR) is 76.4 cm³/mol. The summed E-state index contributed by atoms with van der Waals surface area (Å²) in [5, 5.41) is 9.11. The summed E-state index contributed by atoms with van der Waals surface area (Å²) in [5.41, 5.74) is 1.06. The van der Waals surface area contributed by atoms with Crippen LogP contribution in [0.15, 0.2) is 30.6 Å². The third-order valence-electron chi connectivity index (χ3n) is 3.50. The van der Waals surface area contributed by atoms with Crippen molar-refractivity contribution in [2.24, 2.45) is 0 Å². The Balaban J connectivity index is 1.87. The highest BCUT2D eigenvalue weighted by atomic mass is 19.1. The second-order valence-electron chi connectivity index (χ2n) is 4.80. The van der Waals surface area contributed by atoms with Gasteiger partial charge in [-0.1, -0.05) is 12.1 Å². The molecule has 21 heavy (non-hydrogen) atoms. The van der Waals surface area contributed by atoms with Crippen LogP contribution in [0.4, 0.5) is 10.2 Å². The van der Waals surface area contributed by atoms with E-state index >= 15 is 0 Å². The van der Waals surface area contributed by atoms with Crippen LogP contribution in [0.25, 0.3) is 11.3 Å². The number of morpholine rings is 1. The van der Waals surface area contributed by atoms with Gasteiger partial charge in [0, 0.05) is 24.2 Å². The van der Waals surface area contributed by atoms with E-state index in [0.29, 0.717) is 24.5 Å². The molecule has 5 nitrogen and oxygen atoms in total. The van der Waals surface area contributed by atoms with Crippen molar-refractivity contribution in [3.8, 4) is 11.3 Å². The van der Waals surface area contributed by atoms with Crippen molar-refractivity contribution in [2.75, 3.05) is 31.2 Å². The van der Waals surface area contributed by atoms with E-state index in [-0.39, 0.29) is 12.2 Å². The Morgan fingerprint density at radius 3 is 2.67 bits per heavy atom. The molecule has 0 amide bonds. The maximum atomic E-state index is 14.2. The number of ether oxygens (including phenoxy) is 1. The van der Waals surface area contributed by atoms with E-state index in [1.54, 1.807) is 30.6 Å². The Kier molecular flexibility index (Phi) is 4.08. The van der Waals surface area contributed by atoms with E-state index in [2.05, 4.69) is 14.9 Å². The zero-order valence-corrected chi connectivity index (χ0v) is 11.5. The van der Waals surface area contributed by atoms with E-state index in [0.717, 1.165) is 18.9 Å². The topological polar surface area (TPSA) is 58.5 Å². The minimum absolute atomic E-state index is 0.256. The molecule has 1 saturated heterocycles. The first-order valence-corrected chi connectivity index (χ1v) is 6.83. The van der Waals surface area contributed by atoms with Crippen LogP contribution in [-0.2, 0) is 11.3 Å². The Hall–Kier alpha value is -2.05. The number of rotatable bonds is 3. The van der Waals surface area contributed by atoms with Gasteiger partial charge in [0.2, 0.25) is 0 Å². The highest BCUT2D eigenvalue weighted by Gasteiger charge is 2.14. The van der Waals surface area contributed by atoms with Crippen LogP contribution in [0.2, 0.25) is 0 Å². The largest absolute Gasteiger partial charge is 0.392 e. The van der Waals surface area contributed by atoms with E-state index in [4.69, 9.17) is 9.84 Å². The first kappa shape index (κ1) is 13.9. The predicted octanol–water partition coefficient (Wildman–Crippen LogP) is 1.61. The highest BCUT2D eigenvalue weighted by molar-refractivity contribution is 5.61. The molecule has 0 spiro atoms. The first-order valence-electron chi connectivity index (χ1n) is 6.83. The molecule has 1 aliphatic heterocycles. The number of hydrogen-bond acceptors (Lipinski definition) is 5. The van der Waals surface area contributed by atoms with Gasteiger partial charge in [-0.15, -0.1) is 0 Å². The Labute approximate surface area is 122 Å². The summed E-state index contributed by atoms with van der Waals surface area (Å²) < 4.78 is 19.5. The molecule has 1 aromatic heterocycles. The lowest BCUT2D eigenvalue weighted by atomic mass is 10.1. The van der Waals surface area contributed by atoms with Crippen LogP contribution in [0, 0.1) is 5.82 Å². The number of hydrogen-bond donors (Lipinski definition) is 1. The second-order valence-corrected chi connectivity index (χ2v) is 4.80. The molecule has 0 radical (unpaired) electrons. The maximum Gasteiger partial charge on any atom is 0.147 e. The van der Waals surface area contributed by atoms with Crippen molar-refractivity contribution in [1.82, 2.24) is 9.97 Å². The molecule has 0 unspecified atom stereocenters. The minimum Gasteiger partial charge on any atom is -0.392 e. The molecule has 2 heterocycles. The Bertz CT molecular complexity index is 613. The number of anilines is 1. The standard InChI is InChI=1S/C15H16FN3O2/c16-15-11(10-20)2-1-3-12(15)13-8-18-14(9-17-13)19-4-6-21-7-5-19/h1-3,8-9,20H,4-7,10H2. The zero-order valence-electron chi connectivity index (χ0n) is 11.5. The molecule has 0 saturated carbocycles. The Morgan fingerprint density at radius 2 is 2.00 bits per heavy atom. The van der Waals surface area contributed by atoms with Gasteiger partial charge in [0.25, 0.3) is 0 Å². The monoisotopic (exact) mass is 289 g/mol. The van der Waals surface area contributed by atoms with Crippen LogP contribution < -0.4 is 4.90 Å². The van der Waals surface area contributed by atoms with Gasteiger partial charge in [-0.25, -0.2) is 9.37 Å². The molecule has 1 N–H and O–H groups in total. The maximum absolute atomic E-state index is 14.2. The SMILES string of the molecule is OCc1cccc(-c2cnc(N3CCOCC3)cn2)c1F. The van der Waals surface area contributed by atoms with Crippen molar-refractivity contribution in [3.63, 3.8) is 0 Å². The molecule has 110 valence electrons. The van der Waals surface area contributed by atoms with Gasteiger partial charge >= 0.3 is 0 Å². The van der Waals surface area contributed by atoms with Gasteiger partial charge in [0.05, 0.1) is 37.9 Å². The summed E-state index contributed by atoms with van der Waals surface area (Å²) in [6.07, 6.45) is 3.20. The molecular formula is C15H16FN3O2. The molecular weight excluding hydrogens is 273 g/mol. The number of aliphatic hydroxyl groups is 1. The summed E-state index contributed by atoms with van der Waals surface area (Å²) in [5.74, 6) is 0.314. The lowest BCUT2D eigenvalue weighted by molar-refractivity contribution is 0.122. The number of aromatic nitrogens is 2. The third kappa shape index (κ3) is 2.86. The van der Waals surface area contributed by atoms with Crippen LogP contribution in [0.1, 0.15) is 5.56 Å². The number of nitrogens with zero attached hydrogens (tertiary/aromatic N) is 3. The van der Waals surface area contributed by atoms with Crippen LogP contribution >= 0.6 is 0 Å². The lowest BCUT2D eigenvalue weighted by Gasteiger charge is -2.27. The lowest BCUT2D eigenvalue weighted by Crippen LogP contribution is -2.36. The molecule has 2 aromatic rings. The van der Waals surface area contributed by atoms with E-state index in [1.165, 1.54) is 0 Å². The molecule has 0 bridgehead atoms. The van der Waals surface area contributed by atoms with Gasteiger partial charge in [0.15, 0.2) is 0 Å². The molecule has 1 fully saturated rings. The number of benzene rings is 1. The summed E-state index contributed by atoms with van der Waals surface area (Å²) in [7, 11) is 0. The van der Waals surface area contributed by atoms with Gasteiger partial charge in [-0.2, -0.15) is 0 Å². The second kappa shape index (κ2) is 6.15. The molecule has 6 heteroatoms. The van der Waals surface area contributed by atoms with Crippen molar-refractivity contribution in [1.29, 1.82) is 0 Å². The number of halogens is 1. The van der Waals surface area contributed by atoms with Crippen LogP contribution in [0.5, 0.6) is 0 Å². The fraction of sp³-hybridized carbons (Fsp3) is 0.333. The summed E-state index contributed by atoms with van der Waals surface area (Å²) in [4.78, 5) is 10.7. The van der Waals surface area contributed by atoms with Crippen LogP contribution in [-0.4, -0.2) is 41.4 Å². The third-order valence-corrected chi connectivity index (χ3v) is 3.50. The van der Waals surface area contributed by atoms with Crippen molar-refractivity contribution in [2.45, 2.75) is 6.61 Å². The van der Waals surface area contributed by atoms with E-state index < -0.39 is 5.82 Å². The van der Waals surface area contributed by atoms with Gasteiger partial charge in [-0.05, 0) is 6.07 Å². The highest BCUT2D eigenvalue weighted by Crippen LogP contribution is 2.24. The molecule has 3 rings (SSSR count). The zero-order chi connectivity index (χ0) is 14.7. The van der Waals surface area contributed by atoms with Gasteiger partial charge in [0.1, 0.15) is 11.6 Å². The fourth-order valence-corrected chi connectivity index (χ4v) is 2.32. The average Bonchev–Trinajstić information content (AvgIpc) is 2.56. The molecule has 0 atom stereocenters. The quantitative estimate of drug-likeness (QED) is 0.930. The van der Waals surface area contributed by atoms with E-state index in [1.807, 2.05) is 0 Å². The minimum atomic E-state index is -0.451. The summed E-state index contributed by atoms with van der Waals surface area (Å²) in [6, 6.07) is 4.88. The van der Waals surface area contributed by atoms with Gasteiger partial charge in [-0.3, -0.25) is 4.98 Å². The molecule has 1 aromatic carbocycles. The molecule has 1 aliphatic rings. The smallest absolute Gasteiger partial charge is 0.147 e. The summed E-state index contributed by atoms with van der Waals surface area (Å²) >= 11 is 0. The van der Waals surface area contributed by atoms with Crippen molar-refractivity contribution in [3.05, 3.63) is 42.0 Å². The van der Waals surface area contributed by atoms with Crippen LogP contribution in [0.3, 0.4) is 0 Å². The first-order chi connectivity index (χ1) is 10.3. The molecule has 0 aliphatic carbocycles. The van der Waals surface area contributed by atoms with Crippen molar-refractivity contribution < 1.29 is 14.2 Å². The number of aliphatic hydroxyl groups excluding tert-OH is 1. The average molecular weight is 289 g/mol.